The Hall–Kier alpha value is -0.840. The third-order valence-corrected chi connectivity index (χ3v) is 6.50. The van der Waals surface area contributed by atoms with Crippen molar-refractivity contribution in [3.63, 3.8) is 0 Å². The van der Waals surface area contributed by atoms with Crippen LogP contribution in [0, 0.1) is 17.6 Å². The Bertz CT molecular complexity index is 498. The van der Waals surface area contributed by atoms with Gasteiger partial charge >= 0.3 is 11.8 Å². The van der Waals surface area contributed by atoms with E-state index in [0.29, 0.717) is 31.0 Å². The molecule has 126 valence electrons. The van der Waals surface area contributed by atoms with Crippen molar-refractivity contribution >= 4 is 13.2 Å². The SMILES string of the molecule is CCCC(C)C[PH+](c1cc(F)ccc1F)C(F)(F)C(F)(F)F. The summed E-state index contributed by atoms with van der Waals surface area (Å²) in [6.45, 7) is 3.31. The quantitative estimate of drug-likeness (QED) is 0.477. The number of rotatable bonds is 6. The molecule has 0 fully saturated rings. The van der Waals surface area contributed by atoms with Crippen LogP contribution in [0.25, 0.3) is 0 Å². The number of halogens is 7. The second-order valence-corrected chi connectivity index (χ2v) is 7.80. The lowest BCUT2D eigenvalue weighted by atomic mass is 10.1. The van der Waals surface area contributed by atoms with Gasteiger partial charge in [0.05, 0.1) is 6.16 Å². The van der Waals surface area contributed by atoms with Gasteiger partial charge in [-0.05, 0) is 24.5 Å². The first kappa shape index (κ1) is 19.2. The minimum Gasteiger partial charge on any atom is -0.207 e. The molecule has 1 rings (SSSR count). The minimum atomic E-state index is -5.79. The van der Waals surface area contributed by atoms with Gasteiger partial charge in [0.15, 0.2) is 5.82 Å². The van der Waals surface area contributed by atoms with Gasteiger partial charge in [0, 0.05) is 6.07 Å². The molecule has 0 spiro atoms. The van der Waals surface area contributed by atoms with Gasteiger partial charge in [-0.1, -0.05) is 20.3 Å². The summed E-state index contributed by atoms with van der Waals surface area (Å²) in [7, 11) is -3.70. The highest BCUT2D eigenvalue weighted by Gasteiger charge is 2.69. The highest BCUT2D eigenvalue weighted by Crippen LogP contribution is 2.60. The number of hydrogen-bond donors (Lipinski definition) is 0. The van der Waals surface area contributed by atoms with E-state index < -0.39 is 48.8 Å². The lowest BCUT2D eigenvalue weighted by molar-refractivity contribution is -0.240. The summed E-state index contributed by atoms with van der Waals surface area (Å²) in [5.74, 6) is -2.68. The Balaban J connectivity index is 3.30. The molecule has 0 aliphatic rings. The first-order valence-electron chi connectivity index (χ1n) is 6.77. The molecule has 1 aromatic carbocycles. The van der Waals surface area contributed by atoms with E-state index in [1.165, 1.54) is 6.92 Å². The predicted molar refractivity (Wildman–Crippen MR) is 74.2 cm³/mol. The smallest absolute Gasteiger partial charge is 0.207 e. The van der Waals surface area contributed by atoms with Gasteiger partial charge in [-0.25, -0.2) is 8.78 Å². The van der Waals surface area contributed by atoms with E-state index in [1.54, 1.807) is 6.92 Å². The summed E-state index contributed by atoms with van der Waals surface area (Å²) in [5, 5.41) is -0.838. The fraction of sp³-hybridized carbons (Fsp3) is 0.571. The van der Waals surface area contributed by atoms with Crippen molar-refractivity contribution in [1.82, 2.24) is 0 Å². The largest absolute Gasteiger partial charge is 0.493 e. The molecule has 0 aromatic heterocycles. The Morgan fingerprint density at radius 1 is 1.09 bits per heavy atom. The average Bonchev–Trinajstić information content (AvgIpc) is 2.38. The molecule has 0 N–H and O–H groups in total. The molecule has 0 aliphatic carbocycles. The molecule has 2 atom stereocenters. The van der Waals surface area contributed by atoms with Crippen LogP contribution >= 0.6 is 7.92 Å². The second kappa shape index (κ2) is 7.16. The lowest BCUT2D eigenvalue weighted by Gasteiger charge is -2.24. The van der Waals surface area contributed by atoms with Crippen LogP contribution in [-0.4, -0.2) is 18.0 Å². The van der Waals surface area contributed by atoms with Crippen molar-refractivity contribution in [3.8, 4) is 0 Å². The third-order valence-electron chi connectivity index (χ3n) is 3.32. The maximum Gasteiger partial charge on any atom is 0.493 e. The van der Waals surface area contributed by atoms with Crippen molar-refractivity contribution in [1.29, 1.82) is 0 Å². The topological polar surface area (TPSA) is 0 Å². The van der Waals surface area contributed by atoms with E-state index in [9.17, 15) is 30.7 Å². The van der Waals surface area contributed by atoms with Crippen LogP contribution in [0.2, 0.25) is 0 Å². The highest BCUT2D eigenvalue weighted by molar-refractivity contribution is 7.66. The Labute approximate surface area is 125 Å². The molecule has 0 heterocycles. The summed E-state index contributed by atoms with van der Waals surface area (Å²) in [4.78, 5) is 0. The summed E-state index contributed by atoms with van der Waals surface area (Å²) in [6.07, 6.45) is -5.21. The van der Waals surface area contributed by atoms with Crippen LogP contribution in [0.15, 0.2) is 18.2 Å². The number of benzene rings is 1. The van der Waals surface area contributed by atoms with Gasteiger partial charge in [0.2, 0.25) is 0 Å². The van der Waals surface area contributed by atoms with Gasteiger partial charge in [0.25, 0.3) is 0 Å². The number of alkyl halides is 5. The van der Waals surface area contributed by atoms with Gasteiger partial charge in [0.1, 0.15) is 19.0 Å². The zero-order valence-corrected chi connectivity index (χ0v) is 13.1. The van der Waals surface area contributed by atoms with E-state index in [-0.39, 0.29) is 0 Å². The van der Waals surface area contributed by atoms with Crippen LogP contribution in [0.5, 0.6) is 0 Å². The molecule has 2 unspecified atom stereocenters. The maximum absolute atomic E-state index is 13.8. The molecule has 0 amide bonds. The van der Waals surface area contributed by atoms with Crippen LogP contribution in [0.3, 0.4) is 0 Å². The van der Waals surface area contributed by atoms with Gasteiger partial charge in [-0.15, -0.1) is 0 Å². The fourth-order valence-corrected chi connectivity index (χ4v) is 4.99. The van der Waals surface area contributed by atoms with Crippen molar-refractivity contribution in [3.05, 3.63) is 29.8 Å². The average molecular weight is 349 g/mol. The van der Waals surface area contributed by atoms with Gasteiger partial charge in [-0.2, -0.15) is 22.0 Å². The zero-order valence-electron chi connectivity index (χ0n) is 12.1. The lowest BCUT2D eigenvalue weighted by Crippen LogP contribution is -2.39. The molecule has 1 aromatic rings. The van der Waals surface area contributed by atoms with Crippen molar-refractivity contribution in [2.45, 2.75) is 38.5 Å². The molecular weight excluding hydrogens is 332 g/mol. The van der Waals surface area contributed by atoms with Crippen LogP contribution < -0.4 is 5.30 Å². The molecular formula is C14H17F7P+. The summed E-state index contributed by atoms with van der Waals surface area (Å²) >= 11 is 0. The fourth-order valence-electron chi connectivity index (χ4n) is 2.25. The summed E-state index contributed by atoms with van der Waals surface area (Å²) in [5.41, 5.74) is -5.03. The highest BCUT2D eigenvalue weighted by atomic mass is 31.1. The third kappa shape index (κ3) is 4.34. The molecule has 8 heteroatoms. The van der Waals surface area contributed by atoms with E-state index in [1.807, 2.05) is 0 Å². The molecule has 0 bridgehead atoms. The Morgan fingerprint density at radius 2 is 1.68 bits per heavy atom. The zero-order chi connectivity index (χ0) is 17.1. The second-order valence-electron chi connectivity index (χ2n) is 5.27. The van der Waals surface area contributed by atoms with Crippen molar-refractivity contribution in [2.75, 3.05) is 6.16 Å². The summed E-state index contributed by atoms with van der Waals surface area (Å²) < 4.78 is 92.7. The normalized spacial score (nSPS) is 15.7. The molecule has 22 heavy (non-hydrogen) atoms. The molecule has 0 saturated heterocycles. The van der Waals surface area contributed by atoms with Crippen LogP contribution in [-0.2, 0) is 0 Å². The van der Waals surface area contributed by atoms with Crippen LogP contribution in [0.1, 0.15) is 26.7 Å². The predicted octanol–water partition coefficient (Wildman–Crippen LogP) is 5.40. The van der Waals surface area contributed by atoms with E-state index in [4.69, 9.17) is 0 Å². The first-order chi connectivity index (χ1) is 10.0. The standard InChI is InChI=1S/C14H16F7P/c1-3-4-9(2)8-22(14(20,21)13(17,18)19)12-7-10(15)5-6-11(12)16/h5-7,9H,3-4,8H2,1-2H3/p+1. The van der Waals surface area contributed by atoms with Crippen molar-refractivity contribution < 1.29 is 30.7 Å². The Kier molecular flexibility index (Phi) is 6.25. The van der Waals surface area contributed by atoms with E-state index >= 15 is 0 Å². The Morgan fingerprint density at radius 3 is 2.18 bits per heavy atom. The van der Waals surface area contributed by atoms with E-state index in [2.05, 4.69) is 0 Å². The van der Waals surface area contributed by atoms with Gasteiger partial charge < -0.3 is 0 Å². The molecule has 0 aliphatic heterocycles. The molecule has 0 nitrogen and oxygen atoms in total. The monoisotopic (exact) mass is 349 g/mol. The van der Waals surface area contributed by atoms with Gasteiger partial charge in [-0.3, -0.25) is 0 Å². The van der Waals surface area contributed by atoms with Crippen molar-refractivity contribution in [2.24, 2.45) is 5.92 Å². The molecule has 0 radical (unpaired) electrons. The van der Waals surface area contributed by atoms with Crippen LogP contribution in [0.4, 0.5) is 30.7 Å². The number of hydrogen-bond acceptors (Lipinski definition) is 0. The first-order valence-corrected chi connectivity index (χ1v) is 8.47. The minimum absolute atomic E-state index is 0.435. The summed E-state index contributed by atoms with van der Waals surface area (Å²) in [6, 6.07) is 1.74. The van der Waals surface area contributed by atoms with E-state index in [0.717, 1.165) is 0 Å². The molecule has 0 saturated carbocycles. The maximum atomic E-state index is 13.8.